The molecule has 4 heterocycles. The van der Waals surface area contributed by atoms with E-state index in [0.29, 0.717) is 36.5 Å². The van der Waals surface area contributed by atoms with Crippen LogP contribution >= 0.6 is 0 Å². The Labute approximate surface area is 205 Å². The van der Waals surface area contributed by atoms with Crippen molar-refractivity contribution in [2.75, 3.05) is 25.6 Å². The number of hydrogen-bond acceptors (Lipinski definition) is 7. The Bertz CT molecular complexity index is 1170. The molecule has 3 aromatic rings. The smallest absolute Gasteiger partial charge is 0.241 e. The number of ether oxygens (including phenoxy) is 2. The summed E-state index contributed by atoms with van der Waals surface area (Å²) >= 11 is 0. The fourth-order valence-corrected chi connectivity index (χ4v) is 6.37. The van der Waals surface area contributed by atoms with E-state index in [1.54, 1.807) is 7.11 Å². The van der Waals surface area contributed by atoms with Crippen molar-refractivity contribution in [2.45, 2.75) is 82.1 Å². The molecular weight excluding hydrogens is 444 g/mol. The molecule has 1 aliphatic heterocycles. The lowest BCUT2D eigenvalue weighted by atomic mass is 9.85. The molecule has 9 heteroatoms. The third-order valence-electron chi connectivity index (χ3n) is 8.18. The molecule has 2 N–H and O–H groups in total. The van der Waals surface area contributed by atoms with Crippen LogP contribution < -0.4 is 5.32 Å². The highest BCUT2D eigenvalue weighted by molar-refractivity contribution is 5.81. The molecular formula is C26H36N6O3. The number of hydrogen-bond donors (Lipinski definition) is 2. The van der Waals surface area contributed by atoms with E-state index in [-0.39, 0.29) is 12.1 Å². The van der Waals surface area contributed by atoms with E-state index in [1.807, 2.05) is 12.4 Å². The molecule has 188 valence electrons. The molecule has 0 unspecified atom stereocenters. The standard InChI is InChI=1S/C26H36N6O3/c1-16(14-34-2)29-26-27-12-23-21(10-22(32(23)30-26)17-6-8-19(33)9-7-17)18-11-28-31(13-18)24-15-35-25-5-3-4-20(24)25/h10-13,16-17,19-20,24-25,33H,3-9,14-15H2,1-2H3,(H,29,30)/t16-,17?,19?,20-,24+,25-/m0/s1. The minimum Gasteiger partial charge on any atom is -0.393 e. The average Bonchev–Trinajstić information content (AvgIpc) is 3.63. The minimum absolute atomic E-state index is 0.104. The minimum atomic E-state index is -0.190. The van der Waals surface area contributed by atoms with Crippen molar-refractivity contribution in [3.63, 3.8) is 0 Å². The second-order valence-electron chi connectivity index (χ2n) is 10.6. The molecule has 9 nitrogen and oxygen atoms in total. The zero-order valence-corrected chi connectivity index (χ0v) is 20.6. The third-order valence-corrected chi connectivity index (χ3v) is 8.18. The molecule has 1 saturated heterocycles. The average molecular weight is 481 g/mol. The van der Waals surface area contributed by atoms with Crippen LogP contribution in [0.15, 0.2) is 24.7 Å². The predicted molar refractivity (Wildman–Crippen MR) is 133 cm³/mol. The van der Waals surface area contributed by atoms with E-state index in [9.17, 15) is 5.11 Å². The zero-order chi connectivity index (χ0) is 23.9. The van der Waals surface area contributed by atoms with Crippen LogP contribution in [-0.4, -0.2) is 68.1 Å². The van der Waals surface area contributed by atoms with Gasteiger partial charge < -0.3 is 19.9 Å². The van der Waals surface area contributed by atoms with Crippen LogP contribution in [0.3, 0.4) is 0 Å². The quantitative estimate of drug-likeness (QED) is 0.531. The molecule has 0 radical (unpaired) electrons. The van der Waals surface area contributed by atoms with Gasteiger partial charge >= 0.3 is 0 Å². The molecule has 3 fully saturated rings. The number of rotatable bonds is 7. The zero-order valence-electron chi connectivity index (χ0n) is 20.6. The van der Waals surface area contributed by atoms with Crippen molar-refractivity contribution >= 4 is 11.5 Å². The molecule has 35 heavy (non-hydrogen) atoms. The first kappa shape index (κ1) is 22.9. The topological polar surface area (TPSA) is 98.7 Å². The Hall–Kier alpha value is -2.49. The summed E-state index contributed by atoms with van der Waals surface area (Å²) in [7, 11) is 1.70. The fraction of sp³-hybridized carbons (Fsp3) is 0.654. The number of aliphatic hydroxyl groups is 1. The summed E-state index contributed by atoms with van der Waals surface area (Å²) in [5.74, 6) is 1.52. The summed E-state index contributed by atoms with van der Waals surface area (Å²) < 4.78 is 15.5. The van der Waals surface area contributed by atoms with Gasteiger partial charge in [-0.25, -0.2) is 9.50 Å². The first-order chi connectivity index (χ1) is 17.1. The number of fused-ring (bicyclic) bond motifs is 2. The van der Waals surface area contributed by atoms with Gasteiger partial charge in [-0.3, -0.25) is 4.68 Å². The highest BCUT2D eigenvalue weighted by Gasteiger charge is 2.41. The van der Waals surface area contributed by atoms with Crippen LogP contribution in [0.4, 0.5) is 5.95 Å². The lowest BCUT2D eigenvalue weighted by Gasteiger charge is -2.25. The number of anilines is 1. The van der Waals surface area contributed by atoms with E-state index in [2.05, 4.69) is 38.7 Å². The maximum absolute atomic E-state index is 10.1. The third kappa shape index (κ3) is 4.34. The van der Waals surface area contributed by atoms with Crippen LogP contribution in [0, 0.1) is 5.92 Å². The van der Waals surface area contributed by atoms with E-state index in [1.165, 1.54) is 25.0 Å². The normalized spacial score (nSPS) is 29.5. The van der Waals surface area contributed by atoms with Crippen molar-refractivity contribution in [1.82, 2.24) is 24.4 Å². The molecule has 4 atom stereocenters. The van der Waals surface area contributed by atoms with E-state index in [0.717, 1.165) is 48.9 Å². The molecule has 2 saturated carbocycles. The van der Waals surface area contributed by atoms with Gasteiger partial charge in [0.1, 0.15) is 0 Å². The highest BCUT2D eigenvalue weighted by atomic mass is 16.5. The second kappa shape index (κ2) is 9.52. The molecule has 0 spiro atoms. The Morgan fingerprint density at radius 1 is 1.20 bits per heavy atom. The van der Waals surface area contributed by atoms with Gasteiger partial charge in [-0.1, -0.05) is 6.42 Å². The SMILES string of the molecule is COC[C@H](C)Nc1ncc2c(-c3cnn([C@@H]4CO[C@H]5CCC[C@H]54)c3)cc(C3CCC(O)CC3)n2n1. The van der Waals surface area contributed by atoms with Gasteiger partial charge in [0.2, 0.25) is 5.95 Å². The van der Waals surface area contributed by atoms with Crippen LogP contribution in [-0.2, 0) is 9.47 Å². The van der Waals surface area contributed by atoms with Crippen molar-refractivity contribution < 1.29 is 14.6 Å². The highest BCUT2D eigenvalue weighted by Crippen LogP contribution is 2.43. The fourth-order valence-electron chi connectivity index (χ4n) is 6.37. The van der Waals surface area contributed by atoms with Crippen molar-refractivity contribution in [3.8, 4) is 11.1 Å². The van der Waals surface area contributed by atoms with Gasteiger partial charge in [-0.15, -0.1) is 5.10 Å². The Morgan fingerprint density at radius 3 is 2.89 bits per heavy atom. The number of aliphatic hydroxyl groups excluding tert-OH is 1. The monoisotopic (exact) mass is 480 g/mol. The molecule has 0 aromatic carbocycles. The van der Waals surface area contributed by atoms with E-state index >= 15 is 0 Å². The summed E-state index contributed by atoms with van der Waals surface area (Å²) in [6.45, 7) is 3.38. The van der Waals surface area contributed by atoms with Crippen LogP contribution in [0.2, 0.25) is 0 Å². The van der Waals surface area contributed by atoms with E-state index in [4.69, 9.17) is 19.7 Å². The van der Waals surface area contributed by atoms with Crippen molar-refractivity contribution in [3.05, 3.63) is 30.4 Å². The maximum atomic E-state index is 10.1. The molecule has 3 aliphatic rings. The Balaban J connectivity index is 1.35. The summed E-state index contributed by atoms with van der Waals surface area (Å²) in [4.78, 5) is 4.63. The van der Waals surface area contributed by atoms with Gasteiger partial charge in [-0.2, -0.15) is 5.10 Å². The number of aromatic nitrogens is 5. The first-order valence-electron chi connectivity index (χ1n) is 13.1. The lowest BCUT2D eigenvalue weighted by molar-refractivity contribution is 0.100. The molecule has 0 amide bonds. The Kier molecular flexibility index (Phi) is 6.24. The molecule has 3 aromatic heterocycles. The summed E-state index contributed by atoms with van der Waals surface area (Å²) in [6, 6.07) is 2.69. The largest absolute Gasteiger partial charge is 0.393 e. The van der Waals surface area contributed by atoms with E-state index < -0.39 is 0 Å². The summed E-state index contributed by atoms with van der Waals surface area (Å²) in [5, 5.41) is 23.1. The number of nitrogens with one attached hydrogen (secondary N) is 1. The Morgan fingerprint density at radius 2 is 2.06 bits per heavy atom. The summed E-state index contributed by atoms with van der Waals surface area (Å²) in [6.07, 6.45) is 13.5. The van der Waals surface area contributed by atoms with Gasteiger partial charge in [0, 0.05) is 48.0 Å². The van der Waals surface area contributed by atoms with Crippen molar-refractivity contribution in [2.24, 2.45) is 5.92 Å². The molecule has 2 aliphatic carbocycles. The molecule has 6 rings (SSSR count). The number of nitrogens with zero attached hydrogens (tertiary/aromatic N) is 5. The predicted octanol–water partition coefficient (Wildman–Crippen LogP) is 3.80. The van der Waals surface area contributed by atoms with Gasteiger partial charge in [-0.05, 0) is 51.5 Å². The van der Waals surface area contributed by atoms with Crippen molar-refractivity contribution in [1.29, 1.82) is 0 Å². The van der Waals surface area contributed by atoms with Gasteiger partial charge in [0.15, 0.2) is 0 Å². The van der Waals surface area contributed by atoms with Crippen LogP contribution in [0.1, 0.15) is 69.5 Å². The van der Waals surface area contributed by atoms with Crippen LogP contribution in [0.25, 0.3) is 16.6 Å². The number of methoxy groups -OCH3 is 1. The summed E-state index contributed by atoms with van der Waals surface area (Å²) in [5.41, 5.74) is 4.36. The second-order valence-corrected chi connectivity index (χ2v) is 10.6. The van der Waals surface area contributed by atoms with Gasteiger partial charge in [0.05, 0.1) is 49.4 Å². The maximum Gasteiger partial charge on any atom is 0.241 e. The molecule has 0 bridgehead atoms. The van der Waals surface area contributed by atoms with Gasteiger partial charge in [0.25, 0.3) is 0 Å². The lowest BCUT2D eigenvalue weighted by Crippen LogP contribution is -2.23. The van der Waals surface area contributed by atoms with Crippen LogP contribution in [0.5, 0.6) is 0 Å². The first-order valence-corrected chi connectivity index (χ1v) is 13.1.